The van der Waals surface area contributed by atoms with E-state index in [-0.39, 0.29) is 0 Å². The molecule has 0 radical (unpaired) electrons. The monoisotopic (exact) mass is 338 g/mol. The van der Waals surface area contributed by atoms with E-state index in [1.54, 1.807) is 0 Å². The maximum absolute atomic E-state index is 8.55. The molecule has 5 heteroatoms. The van der Waals surface area contributed by atoms with Crippen LogP contribution in [0.5, 0.6) is 5.75 Å². The summed E-state index contributed by atoms with van der Waals surface area (Å²) in [5, 5.41) is 12.1. The molecule has 1 aliphatic rings. The van der Waals surface area contributed by atoms with Crippen LogP contribution in [-0.2, 0) is 13.1 Å². The van der Waals surface area contributed by atoms with Gasteiger partial charge in [0.1, 0.15) is 11.6 Å². The molecule has 1 N–H and O–H groups in total. The van der Waals surface area contributed by atoms with Crippen molar-refractivity contribution >= 4 is 0 Å². The number of rotatable bonds is 8. The highest BCUT2D eigenvalue weighted by Gasteiger charge is 2.21. The number of ether oxygens (including phenoxy) is 1. The van der Waals surface area contributed by atoms with Crippen molar-refractivity contribution in [2.75, 3.05) is 13.2 Å². The second-order valence-corrected chi connectivity index (χ2v) is 6.66. The molecule has 2 heterocycles. The average molecular weight is 338 g/mol. The summed E-state index contributed by atoms with van der Waals surface area (Å²) in [4.78, 5) is 4.70. The van der Waals surface area contributed by atoms with Crippen molar-refractivity contribution in [3.8, 4) is 11.8 Å². The topological polar surface area (TPSA) is 62.9 Å². The molecular formula is C20H26N4O. The molecule has 0 amide bonds. The predicted molar refractivity (Wildman–Crippen MR) is 97.4 cm³/mol. The lowest BCUT2D eigenvalue weighted by atomic mass is 9.99. The Hall–Kier alpha value is -2.32. The lowest BCUT2D eigenvalue weighted by molar-refractivity contribution is 0.312. The van der Waals surface area contributed by atoms with Gasteiger partial charge in [0.05, 0.1) is 18.4 Å². The van der Waals surface area contributed by atoms with Gasteiger partial charge in [-0.25, -0.2) is 4.98 Å². The van der Waals surface area contributed by atoms with E-state index in [4.69, 9.17) is 15.0 Å². The Morgan fingerprint density at radius 2 is 2.36 bits per heavy atom. The third-order valence-corrected chi connectivity index (χ3v) is 4.56. The number of nitrogens with zero attached hydrogens (tertiary/aromatic N) is 3. The number of nitriles is 1. The third-order valence-electron chi connectivity index (χ3n) is 4.56. The molecule has 5 nitrogen and oxygen atoms in total. The van der Waals surface area contributed by atoms with Gasteiger partial charge in [-0.15, -0.1) is 0 Å². The third kappa shape index (κ3) is 4.83. The van der Waals surface area contributed by atoms with Crippen LogP contribution >= 0.6 is 0 Å². The lowest BCUT2D eigenvalue weighted by Crippen LogP contribution is -2.26. The fourth-order valence-electron chi connectivity index (χ4n) is 3.38. The van der Waals surface area contributed by atoms with Crippen LogP contribution in [0.2, 0.25) is 0 Å². The van der Waals surface area contributed by atoms with Crippen LogP contribution in [0.1, 0.15) is 48.7 Å². The smallest absolute Gasteiger partial charge is 0.119 e. The van der Waals surface area contributed by atoms with Crippen LogP contribution in [0.4, 0.5) is 0 Å². The first-order valence-corrected chi connectivity index (χ1v) is 9.09. The lowest BCUT2D eigenvalue weighted by Gasteiger charge is -2.23. The molecule has 25 heavy (non-hydrogen) atoms. The average Bonchev–Trinajstić information content (AvgIpc) is 3.00. The quantitative estimate of drug-likeness (QED) is 0.748. The first kappa shape index (κ1) is 17.5. The zero-order valence-electron chi connectivity index (χ0n) is 14.9. The van der Waals surface area contributed by atoms with E-state index in [0.717, 1.165) is 37.5 Å². The van der Waals surface area contributed by atoms with Crippen molar-refractivity contribution in [1.82, 2.24) is 14.9 Å². The van der Waals surface area contributed by atoms with Crippen molar-refractivity contribution in [2.24, 2.45) is 0 Å². The summed E-state index contributed by atoms with van der Waals surface area (Å²) in [6, 6.07) is 10.3. The molecule has 1 atom stereocenters. The van der Waals surface area contributed by atoms with E-state index < -0.39 is 0 Å². The first-order valence-electron chi connectivity index (χ1n) is 9.09. The SMILES string of the molecule is Cc1cn2c(n1)C(CNCc1cccc(OCCCC#N)c1)CCC2. The minimum atomic E-state index is 0.493. The van der Waals surface area contributed by atoms with Crippen molar-refractivity contribution in [1.29, 1.82) is 5.26 Å². The molecule has 0 aliphatic carbocycles. The van der Waals surface area contributed by atoms with Gasteiger partial charge >= 0.3 is 0 Å². The predicted octanol–water partition coefficient (Wildman–Crippen LogP) is 3.54. The van der Waals surface area contributed by atoms with Crippen LogP contribution in [0.25, 0.3) is 0 Å². The fraction of sp³-hybridized carbons (Fsp3) is 0.500. The maximum Gasteiger partial charge on any atom is 0.119 e. The highest BCUT2D eigenvalue weighted by atomic mass is 16.5. The Labute approximate surface area is 149 Å². The number of hydrogen-bond acceptors (Lipinski definition) is 4. The molecule has 0 saturated heterocycles. The van der Waals surface area contributed by atoms with Crippen LogP contribution in [-0.4, -0.2) is 22.7 Å². The number of nitrogens with one attached hydrogen (secondary N) is 1. The minimum absolute atomic E-state index is 0.493. The maximum atomic E-state index is 8.55. The van der Waals surface area contributed by atoms with Gasteiger partial charge in [-0.2, -0.15) is 5.26 Å². The van der Waals surface area contributed by atoms with Crippen molar-refractivity contribution in [2.45, 2.75) is 51.6 Å². The zero-order chi connectivity index (χ0) is 17.5. The molecule has 1 unspecified atom stereocenters. The number of unbranched alkanes of at least 4 members (excludes halogenated alkanes) is 1. The normalized spacial score (nSPS) is 16.2. The summed E-state index contributed by atoms with van der Waals surface area (Å²) in [7, 11) is 0. The Morgan fingerprint density at radius 1 is 1.44 bits per heavy atom. The van der Waals surface area contributed by atoms with Gasteiger partial charge in [0.15, 0.2) is 0 Å². The Balaban J connectivity index is 1.49. The summed E-state index contributed by atoms with van der Waals surface area (Å²) in [6.07, 6.45) is 5.89. The van der Waals surface area contributed by atoms with Crippen LogP contribution in [0, 0.1) is 18.3 Å². The van der Waals surface area contributed by atoms with Gasteiger partial charge in [-0.3, -0.25) is 0 Å². The number of aromatic nitrogens is 2. The molecule has 132 valence electrons. The number of fused-ring (bicyclic) bond motifs is 1. The molecule has 1 aromatic carbocycles. The number of benzene rings is 1. The van der Waals surface area contributed by atoms with E-state index in [1.165, 1.54) is 24.2 Å². The van der Waals surface area contributed by atoms with Gasteiger partial charge in [0.25, 0.3) is 0 Å². The molecule has 2 aromatic rings. The van der Waals surface area contributed by atoms with E-state index in [2.05, 4.69) is 41.2 Å². The molecule has 1 aliphatic heterocycles. The van der Waals surface area contributed by atoms with Gasteiger partial charge in [0, 0.05) is 38.2 Å². The highest BCUT2D eigenvalue weighted by Crippen LogP contribution is 2.26. The largest absolute Gasteiger partial charge is 0.494 e. The summed E-state index contributed by atoms with van der Waals surface area (Å²) in [6.45, 7) is 5.53. The van der Waals surface area contributed by atoms with Crippen molar-refractivity contribution < 1.29 is 4.74 Å². The fourth-order valence-corrected chi connectivity index (χ4v) is 3.38. The summed E-state index contributed by atoms with van der Waals surface area (Å²) in [5.74, 6) is 2.60. The Kier molecular flexibility index (Phi) is 6.08. The van der Waals surface area contributed by atoms with Crippen LogP contribution < -0.4 is 10.1 Å². The minimum Gasteiger partial charge on any atom is -0.494 e. The number of aryl methyl sites for hydroxylation is 2. The van der Waals surface area contributed by atoms with Gasteiger partial charge < -0.3 is 14.6 Å². The Bertz CT molecular complexity index is 732. The van der Waals surface area contributed by atoms with E-state index in [1.807, 2.05) is 12.1 Å². The summed E-state index contributed by atoms with van der Waals surface area (Å²) < 4.78 is 8.01. The molecular weight excluding hydrogens is 312 g/mol. The standard InChI is InChI=1S/C20H26N4O/c1-16-15-24-10-5-7-18(20(24)23-16)14-22-13-17-6-4-8-19(12-17)25-11-3-2-9-21/h4,6,8,12,15,18,22H,2-3,5,7,10-11,13-14H2,1H3. The van der Waals surface area contributed by atoms with Crippen LogP contribution in [0.15, 0.2) is 30.5 Å². The second kappa shape index (κ2) is 8.68. The Morgan fingerprint density at radius 3 is 3.24 bits per heavy atom. The second-order valence-electron chi connectivity index (χ2n) is 6.66. The first-order chi connectivity index (χ1) is 12.3. The molecule has 0 spiro atoms. The van der Waals surface area contributed by atoms with Gasteiger partial charge in [-0.05, 0) is 43.9 Å². The highest BCUT2D eigenvalue weighted by molar-refractivity contribution is 5.28. The number of hydrogen-bond donors (Lipinski definition) is 1. The van der Waals surface area contributed by atoms with Crippen molar-refractivity contribution in [3.05, 3.63) is 47.5 Å². The van der Waals surface area contributed by atoms with E-state index in [9.17, 15) is 0 Å². The molecule has 3 rings (SSSR count). The van der Waals surface area contributed by atoms with E-state index in [0.29, 0.717) is 18.9 Å². The molecule has 1 aromatic heterocycles. The van der Waals surface area contributed by atoms with Crippen LogP contribution in [0.3, 0.4) is 0 Å². The number of imidazole rings is 1. The molecule has 0 bridgehead atoms. The molecule has 0 saturated carbocycles. The molecule has 0 fully saturated rings. The van der Waals surface area contributed by atoms with Gasteiger partial charge in [-0.1, -0.05) is 12.1 Å². The summed E-state index contributed by atoms with van der Waals surface area (Å²) in [5.41, 5.74) is 2.33. The van der Waals surface area contributed by atoms with Crippen molar-refractivity contribution in [3.63, 3.8) is 0 Å². The summed E-state index contributed by atoms with van der Waals surface area (Å²) >= 11 is 0. The van der Waals surface area contributed by atoms with Gasteiger partial charge in [0.2, 0.25) is 0 Å². The van der Waals surface area contributed by atoms with E-state index >= 15 is 0 Å². The zero-order valence-corrected chi connectivity index (χ0v) is 14.9.